The molecular formula is C28H27FN4O3. The summed E-state index contributed by atoms with van der Waals surface area (Å²) in [5, 5.41) is 6.93. The number of rotatable bonds is 7. The number of amides is 1. The topological polar surface area (TPSA) is 86.0 Å². The molecule has 0 saturated carbocycles. The molecule has 4 rings (SSSR count). The summed E-state index contributed by atoms with van der Waals surface area (Å²) in [6.45, 7) is 5.53. The third-order valence-electron chi connectivity index (χ3n) is 6.01. The molecule has 0 aliphatic carbocycles. The predicted molar refractivity (Wildman–Crippen MR) is 136 cm³/mol. The first kappa shape index (κ1) is 24.8. The summed E-state index contributed by atoms with van der Waals surface area (Å²) in [5.74, 6) is -1.01. The minimum Gasteiger partial charge on any atom is -0.344 e. The monoisotopic (exact) mass is 486 g/mol. The van der Waals surface area contributed by atoms with E-state index in [0.717, 1.165) is 20.4 Å². The van der Waals surface area contributed by atoms with E-state index in [0.29, 0.717) is 5.69 Å². The van der Waals surface area contributed by atoms with Gasteiger partial charge in [0.05, 0.1) is 18.3 Å². The van der Waals surface area contributed by atoms with Crippen molar-refractivity contribution in [1.82, 2.24) is 19.7 Å². The van der Waals surface area contributed by atoms with Crippen LogP contribution in [0, 0.1) is 5.82 Å². The van der Waals surface area contributed by atoms with Gasteiger partial charge in [0.25, 0.3) is 11.5 Å². The molecule has 3 aromatic carbocycles. The zero-order chi connectivity index (χ0) is 25.8. The van der Waals surface area contributed by atoms with Crippen LogP contribution in [0.3, 0.4) is 0 Å². The Bertz CT molecular complexity index is 1490. The van der Waals surface area contributed by atoms with Gasteiger partial charge in [-0.2, -0.15) is 9.78 Å². The molecule has 0 unspecified atom stereocenters. The smallest absolute Gasteiger partial charge is 0.344 e. The van der Waals surface area contributed by atoms with E-state index in [1.807, 2.05) is 56.3 Å². The number of carbonyl (C=O) groups excluding carboxylic acids is 1. The Labute approximate surface area is 207 Å². The molecule has 0 spiro atoms. The lowest BCUT2D eigenvalue weighted by Crippen LogP contribution is -2.46. The van der Waals surface area contributed by atoms with Crippen LogP contribution in [0.15, 0.2) is 88.5 Å². The molecule has 8 heteroatoms. The molecule has 184 valence electrons. The van der Waals surface area contributed by atoms with Crippen molar-refractivity contribution in [2.24, 2.45) is 0 Å². The normalized spacial score (nSPS) is 11.9. The highest BCUT2D eigenvalue weighted by molar-refractivity contribution is 5.92. The van der Waals surface area contributed by atoms with Crippen molar-refractivity contribution in [3.63, 3.8) is 0 Å². The van der Waals surface area contributed by atoms with Crippen molar-refractivity contribution in [3.8, 4) is 5.69 Å². The minimum absolute atomic E-state index is 0.147. The van der Waals surface area contributed by atoms with Crippen LogP contribution < -0.4 is 16.6 Å². The van der Waals surface area contributed by atoms with Crippen molar-refractivity contribution >= 4 is 5.91 Å². The van der Waals surface area contributed by atoms with Crippen molar-refractivity contribution < 1.29 is 9.18 Å². The summed E-state index contributed by atoms with van der Waals surface area (Å²) < 4.78 is 16.2. The molecule has 0 radical (unpaired) electrons. The van der Waals surface area contributed by atoms with Gasteiger partial charge in [0.2, 0.25) is 5.69 Å². The van der Waals surface area contributed by atoms with Crippen LogP contribution in [0.25, 0.3) is 5.69 Å². The SMILES string of the molecule is CC(C)c1ccc(-n2nc(C(=O)N[C@H](C)c3ccccc3)c(=O)n(Cc3ccccc3F)c2=O)cc1. The van der Waals surface area contributed by atoms with Gasteiger partial charge in [-0.15, -0.1) is 0 Å². The lowest BCUT2D eigenvalue weighted by Gasteiger charge is -2.16. The van der Waals surface area contributed by atoms with E-state index in [4.69, 9.17) is 0 Å². The Hall–Kier alpha value is -4.33. The molecule has 1 atom stereocenters. The minimum atomic E-state index is -0.893. The largest absolute Gasteiger partial charge is 0.352 e. The molecule has 4 aromatic rings. The number of carbonyl (C=O) groups is 1. The van der Waals surface area contributed by atoms with Crippen LogP contribution in [0.5, 0.6) is 0 Å². The summed E-state index contributed by atoms with van der Waals surface area (Å²) in [6.07, 6.45) is 0. The molecule has 0 aliphatic rings. The quantitative estimate of drug-likeness (QED) is 0.424. The first-order chi connectivity index (χ1) is 17.3. The zero-order valence-corrected chi connectivity index (χ0v) is 20.3. The van der Waals surface area contributed by atoms with E-state index in [-0.39, 0.29) is 18.0 Å². The number of hydrogen-bond acceptors (Lipinski definition) is 4. The van der Waals surface area contributed by atoms with Gasteiger partial charge >= 0.3 is 5.69 Å². The molecular weight excluding hydrogens is 459 g/mol. The number of halogens is 1. The van der Waals surface area contributed by atoms with Crippen molar-refractivity contribution in [1.29, 1.82) is 0 Å². The predicted octanol–water partition coefficient (Wildman–Crippen LogP) is 4.20. The molecule has 0 aliphatic heterocycles. The fourth-order valence-corrected chi connectivity index (χ4v) is 3.85. The lowest BCUT2D eigenvalue weighted by atomic mass is 10.0. The Balaban J connectivity index is 1.82. The Kier molecular flexibility index (Phi) is 7.24. The van der Waals surface area contributed by atoms with Gasteiger partial charge in [-0.1, -0.05) is 74.5 Å². The lowest BCUT2D eigenvalue weighted by molar-refractivity contribution is 0.0930. The standard InChI is InChI=1S/C28H27FN4O3/c1-18(2)20-13-15-23(16-14-20)33-28(36)32(17-22-11-7-8-12-24(22)29)27(35)25(31-33)26(34)30-19(3)21-9-5-4-6-10-21/h4-16,18-19H,17H2,1-3H3,(H,30,34)/t19-/m1/s1. The number of nitrogens with zero attached hydrogens (tertiary/aromatic N) is 3. The first-order valence-corrected chi connectivity index (χ1v) is 11.7. The second kappa shape index (κ2) is 10.5. The maximum atomic E-state index is 14.4. The fourth-order valence-electron chi connectivity index (χ4n) is 3.85. The number of benzene rings is 3. The Morgan fingerprint density at radius 3 is 2.17 bits per heavy atom. The van der Waals surface area contributed by atoms with E-state index < -0.39 is 34.7 Å². The summed E-state index contributed by atoms with van der Waals surface area (Å²) in [4.78, 5) is 39.8. The van der Waals surface area contributed by atoms with Crippen molar-refractivity contribution in [2.45, 2.75) is 39.3 Å². The molecule has 0 bridgehead atoms. The number of nitrogens with one attached hydrogen (secondary N) is 1. The zero-order valence-electron chi connectivity index (χ0n) is 20.3. The van der Waals surface area contributed by atoms with Gasteiger partial charge in [0.1, 0.15) is 5.82 Å². The van der Waals surface area contributed by atoms with Crippen molar-refractivity contribution in [2.75, 3.05) is 0 Å². The first-order valence-electron chi connectivity index (χ1n) is 11.7. The van der Waals surface area contributed by atoms with Crippen LogP contribution in [0.4, 0.5) is 4.39 Å². The van der Waals surface area contributed by atoms with Crippen LogP contribution in [0.2, 0.25) is 0 Å². The van der Waals surface area contributed by atoms with Crippen LogP contribution in [-0.4, -0.2) is 20.3 Å². The highest BCUT2D eigenvalue weighted by atomic mass is 19.1. The third-order valence-corrected chi connectivity index (χ3v) is 6.01. The average Bonchev–Trinajstić information content (AvgIpc) is 2.88. The number of aromatic nitrogens is 3. The molecule has 0 fully saturated rings. The number of hydrogen-bond donors (Lipinski definition) is 1. The van der Waals surface area contributed by atoms with E-state index in [9.17, 15) is 18.8 Å². The second-order valence-corrected chi connectivity index (χ2v) is 8.88. The van der Waals surface area contributed by atoms with Gasteiger partial charge in [0, 0.05) is 5.56 Å². The molecule has 36 heavy (non-hydrogen) atoms. The van der Waals surface area contributed by atoms with Gasteiger partial charge < -0.3 is 5.32 Å². The van der Waals surface area contributed by atoms with Gasteiger partial charge in [-0.05, 0) is 42.2 Å². The van der Waals surface area contributed by atoms with Gasteiger partial charge in [-0.25, -0.2) is 9.18 Å². The van der Waals surface area contributed by atoms with Gasteiger partial charge in [-0.3, -0.25) is 14.2 Å². The molecule has 1 aromatic heterocycles. The molecule has 1 N–H and O–H groups in total. The van der Waals surface area contributed by atoms with Crippen molar-refractivity contribution in [3.05, 3.63) is 128 Å². The maximum absolute atomic E-state index is 14.4. The Morgan fingerprint density at radius 2 is 1.53 bits per heavy atom. The van der Waals surface area contributed by atoms with Gasteiger partial charge in [0.15, 0.2) is 0 Å². The molecule has 1 heterocycles. The summed E-state index contributed by atoms with van der Waals surface area (Å²) in [5.41, 5.74) is 0.313. The van der Waals surface area contributed by atoms with Crippen LogP contribution in [0.1, 0.15) is 59.9 Å². The van der Waals surface area contributed by atoms with Crippen LogP contribution >= 0.6 is 0 Å². The highest BCUT2D eigenvalue weighted by Gasteiger charge is 2.22. The van der Waals surface area contributed by atoms with E-state index in [1.165, 1.54) is 18.2 Å². The second-order valence-electron chi connectivity index (χ2n) is 8.88. The fraction of sp³-hybridized carbons (Fsp3) is 0.214. The van der Waals surface area contributed by atoms with E-state index >= 15 is 0 Å². The summed E-state index contributed by atoms with van der Waals surface area (Å²) in [7, 11) is 0. The van der Waals surface area contributed by atoms with Crippen LogP contribution in [-0.2, 0) is 6.54 Å². The summed E-state index contributed by atoms with van der Waals surface area (Å²) in [6, 6.07) is 21.8. The van der Waals surface area contributed by atoms with E-state index in [2.05, 4.69) is 10.4 Å². The molecule has 7 nitrogen and oxygen atoms in total. The molecule has 1 amide bonds. The Morgan fingerprint density at radius 1 is 0.889 bits per heavy atom. The van der Waals surface area contributed by atoms with E-state index in [1.54, 1.807) is 25.1 Å². The average molecular weight is 487 g/mol. The maximum Gasteiger partial charge on any atom is 0.352 e. The highest BCUT2D eigenvalue weighted by Crippen LogP contribution is 2.16. The molecule has 0 saturated heterocycles. The third kappa shape index (κ3) is 5.17. The summed E-state index contributed by atoms with van der Waals surface area (Å²) >= 11 is 0.